The van der Waals surface area contributed by atoms with Crippen LogP contribution >= 0.6 is 0 Å². The van der Waals surface area contributed by atoms with E-state index < -0.39 is 11.8 Å². The Balaban J connectivity index is 1.81. The smallest absolute Gasteiger partial charge is 0.329 e. The highest BCUT2D eigenvalue weighted by Crippen LogP contribution is 2.10. The van der Waals surface area contributed by atoms with Gasteiger partial charge in [-0.2, -0.15) is 5.10 Å². The number of amides is 2. The molecule has 0 spiro atoms. The first-order valence-corrected chi connectivity index (χ1v) is 6.84. The van der Waals surface area contributed by atoms with Gasteiger partial charge in [-0.25, -0.2) is 5.43 Å². The molecule has 0 atom stereocenters. The number of benzene rings is 1. The van der Waals surface area contributed by atoms with Crippen LogP contribution in [0.25, 0.3) is 0 Å². The summed E-state index contributed by atoms with van der Waals surface area (Å²) in [6.07, 6.45) is 3.03. The van der Waals surface area contributed by atoms with Crippen LogP contribution in [-0.2, 0) is 16.1 Å². The van der Waals surface area contributed by atoms with E-state index in [9.17, 15) is 9.59 Å². The zero-order chi connectivity index (χ0) is 16.5. The second-order valence-corrected chi connectivity index (χ2v) is 4.48. The van der Waals surface area contributed by atoms with Gasteiger partial charge in [0.25, 0.3) is 0 Å². The van der Waals surface area contributed by atoms with Crippen molar-refractivity contribution in [3.8, 4) is 5.75 Å². The van der Waals surface area contributed by atoms with Gasteiger partial charge in [-0.1, -0.05) is 18.2 Å². The van der Waals surface area contributed by atoms with Crippen LogP contribution in [0, 0.1) is 0 Å². The maximum Gasteiger partial charge on any atom is 0.329 e. The molecule has 0 saturated heterocycles. The summed E-state index contributed by atoms with van der Waals surface area (Å²) in [6, 6.07) is 12.4. The van der Waals surface area contributed by atoms with E-state index in [1.165, 1.54) is 6.21 Å². The summed E-state index contributed by atoms with van der Waals surface area (Å²) in [7, 11) is 1.56. The zero-order valence-corrected chi connectivity index (χ0v) is 12.5. The molecule has 1 aromatic carbocycles. The van der Waals surface area contributed by atoms with Gasteiger partial charge in [-0.3, -0.25) is 14.6 Å². The molecular weight excluding hydrogens is 296 g/mol. The number of pyridine rings is 1. The molecule has 23 heavy (non-hydrogen) atoms. The van der Waals surface area contributed by atoms with E-state index in [4.69, 9.17) is 4.74 Å². The van der Waals surface area contributed by atoms with Crippen molar-refractivity contribution in [2.75, 3.05) is 7.11 Å². The van der Waals surface area contributed by atoms with Crippen molar-refractivity contribution in [1.82, 2.24) is 15.7 Å². The van der Waals surface area contributed by atoms with Crippen LogP contribution in [0.1, 0.15) is 11.3 Å². The lowest BCUT2D eigenvalue weighted by atomic mass is 10.2. The molecule has 1 aromatic heterocycles. The molecule has 7 nitrogen and oxygen atoms in total. The van der Waals surface area contributed by atoms with Crippen molar-refractivity contribution < 1.29 is 14.3 Å². The van der Waals surface area contributed by atoms with Crippen molar-refractivity contribution in [3.63, 3.8) is 0 Å². The number of nitrogens with zero attached hydrogens (tertiary/aromatic N) is 2. The molecule has 7 heteroatoms. The fourth-order valence-corrected chi connectivity index (χ4v) is 1.69. The van der Waals surface area contributed by atoms with Gasteiger partial charge in [0.05, 0.1) is 25.6 Å². The molecular formula is C16H16N4O3. The minimum Gasteiger partial charge on any atom is -0.497 e. The van der Waals surface area contributed by atoms with E-state index in [0.29, 0.717) is 11.4 Å². The second-order valence-electron chi connectivity index (χ2n) is 4.48. The fourth-order valence-electron chi connectivity index (χ4n) is 1.69. The predicted octanol–water partition coefficient (Wildman–Crippen LogP) is 0.857. The van der Waals surface area contributed by atoms with Crippen LogP contribution in [0.15, 0.2) is 53.8 Å². The highest BCUT2D eigenvalue weighted by atomic mass is 16.5. The fraction of sp³-hybridized carbons (Fsp3) is 0.125. The molecule has 0 unspecified atom stereocenters. The maximum atomic E-state index is 11.6. The number of hydrogen-bond donors (Lipinski definition) is 2. The molecule has 118 valence electrons. The Kier molecular flexibility index (Phi) is 5.81. The number of nitrogens with one attached hydrogen (secondary N) is 2. The molecule has 0 fully saturated rings. The predicted molar refractivity (Wildman–Crippen MR) is 84.8 cm³/mol. The lowest BCUT2D eigenvalue weighted by molar-refractivity contribution is -0.139. The third-order valence-corrected chi connectivity index (χ3v) is 2.84. The zero-order valence-electron chi connectivity index (χ0n) is 12.5. The van der Waals surface area contributed by atoms with E-state index in [0.717, 1.165) is 5.56 Å². The average molecular weight is 312 g/mol. The second kappa shape index (κ2) is 8.28. The van der Waals surface area contributed by atoms with Gasteiger partial charge >= 0.3 is 11.8 Å². The number of rotatable bonds is 5. The van der Waals surface area contributed by atoms with Crippen LogP contribution in [0.4, 0.5) is 0 Å². The summed E-state index contributed by atoms with van der Waals surface area (Å²) in [6.45, 7) is 0.173. The minimum absolute atomic E-state index is 0.173. The Morgan fingerprint density at radius 3 is 2.83 bits per heavy atom. The van der Waals surface area contributed by atoms with Crippen LogP contribution in [0.2, 0.25) is 0 Å². The molecule has 2 aromatic rings. The Morgan fingerprint density at radius 1 is 1.22 bits per heavy atom. The summed E-state index contributed by atoms with van der Waals surface area (Å²) in [5.41, 5.74) is 3.56. The SMILES string of the molecule is COc1cccc(/C=N\NC(=O)C(=O)NCc2ccccn2)c1. The van der Waals surface area contributed by atoms with E-state index in [1.807, 2.05) is 0 Å². The molecule has 0 aliphatic rings. The number of hydrogen-bond acceptors (Lipinski definition) is 5. The van der Waals surface area contributed by atoms with Crippen LogP contribution in [0.3, 0.4) is 0 Å². The van der Waals surface area contributed by atoms with Gasteiger partial charge in [-0.05, 0) is 29.8 Å². The van der Waals surface area contributed by atoms with Crippen LogP contribution in [0.5, 0.6) is 5.75 Å². The van der Waals surface area contributed by atoms with Gasteiger partial charge in [-0.15, -0.1) is 0 Å². The lowest BCUT2D eigenvalue weighted by Gasteiger charge is -2.03. The molecule has 0 saturated carbocycles. The largest absolute Gasteiger partial charge is 0.497 e. The highest BCUT2D eigenvalue weighted by Gasteiger charge is 2.11. The van der Waals surface area contributed by atoms with Gasteiger partial charge in [0.1, 0.15) is 5.75 Å². The highest BCUT2D eigenvalue weighted by molar-refractivity contribution is 6.35. The van der Waals surface area contributed by atoms with Gasteiger partial charge in [0, 0.05) is 6.20 Å². The normalized spacial score (nSPS) is 10.3. The van der Waals surface area contributed by atoms with E-state index >= 15 is 0 Å². The molecule has 0 radical (unpaired) electrons. The standard InChI is InChI=1S/C16H16N4O3/c1-23-14-7-4-5-12(9-14)10-19-20-16(22)15(21)18-11-13-6-2-3-8-17-13/h2-10H,11H2,1H3,(H,18,21)(H,20,22)/b19-10-. The maximum absolute atomic E-state index is 11.6. The Bertz CT molecular complexity index is 701. The first kappa shape index (κ1) is 16.2. The monoisotopic (exact) mass is 312 g/mol. The first-order valence-electron chi connectivity index (χ1n) is 6.84. The number of carbonyl (C=O) groups excluding carboxylic acids is 2. The van der Waals surface area contributed by atoms with Crippen molar-refractivity contribution in [3.05, 3.63) is 59.9 Å². The summed E-state index contributed by atoms with van der Waals surface area (Å²) in [4.78, 5) is 27.3. The summed E-state index contributed by atoms with van der Waals surface area (Å²) in [5.74, 6) is -0.952. The summed E-state index contributed by atoms with van der Waals surface area (Å²) in [5, 5.41) is 6.19. The Morgan fingerprint density at radius 2 is 2.09 bits per heavy atom. The van der Waals surface area contributed by atoms with Crippen molar-refractivity contribution in [1.29, 1.82) is 0 Å². The first-order chi connectivity index (χ1) is 11.2. The van der Waals surface area contributed by atoms with E-state index in [2.05, 4.69) is 20.8 Å². The molecule has 2 N–H and O–H groups in total. The number of aromatic nitrogens is 1. The Hall–Kier alpha value is -3.22. The number of ether oxygens (including phenoxy) is 1. The van der Waals surface area contributed by atoms with Gasteiger partial charge < -0.3 is 10.1 Å². The number of carbonyl (C=O) groups is 2. The van der Waals surface area contributed by atoms with E-state index in [-0.39, 0.29) is 6.54 Å². The molecule has 2 rings (SSSR count). The minimum atomic E-state index is -0.847. The third-order valence-electron chi connectivity index (χ3n) is 2.84. The Labute approximate surface area is 133 Å². The molecule has 1 heterocycles. The lowest BCUT2D eigenvalue weighted by Crippen LogP contribution is -2.37. The number of methoxy groups -OCH3 is 1. The van der Waals surface area contributed by atoms with Gasteiger partial charge in [0.2, 0.25) is 0 Å². The summed E-state index contributed by atoms with van der Waals surface area (Å²) >= 11 is 0. The van der Waals surface area contributed by atoms with Crippen LogP contribution < -0.4 is 15.5 Å². The molecule has 0 aliphatic carbocycles. The average Bonchev–Trinajstić information content (AvgIpc) is 2.60. The van der Waals surface area contributed by atoms with Gasteiger partial charge in [0.15, 0.2) is 0 Å². The molecule has 0 bridgehead atoms. The quantitative estimate of drug-likeness (QED) is 0.486. The van der Waals surface area contributed by atoms with Crippen molar-refractivity contribution in [2.45, 2.75) is 6.54 Å². The van der Waals surface area contributed by atoms with E-state index in [1.54, 1.807) is 55.8 Å². The van der Waals surface area contributed by atoms with Crippen molar-refractivity contribution >= 4 is 18.0 Å². The topological polar surface area (TPSA) is 92.7 Å². The molecule has 0 aliphatic heterocycles. The third kappa shape index (κ3) is 5.24. The number of hydrazone groups is 1. The molecule has 2 amide bonds. The van der Waals surface area contributed by atoms with Crippen molar-refractivity contribution in [2.24, 2.45) is 5.10 Å². The van der Waals surface area contributed by atoms with Crippen LogP contribution in [-0.4, -0.2) is 30.1 Å². The summed E-state index contributed by atoms with van der Waals surface area (Å²) < 4.78 is 5.08.